The highest BCUT2D eigenvalue weighted by atomic mass is 16.4. The quantitative estimate of drug-likeness (QED) is 0.768. The molecule has 4 nitrogen and oxygen atoms in total. The van der Waals surface area contributed by atoms with Gasteiger partial charge in [-0.3, -0.25) is 0 Å². The van der Waals surface area contributed by atoms with Crippen LogP contribution in [0.4, 0.5) is 0 Å². The fraction of sp³-hybridized carbons (Fsp3) is 0.750. The molecule has 1 aliphatic heterocycles. The van der Waals surface area contributed by atoms with Gasteiger partial charge in [0.25, 0.3) is 0 Å². The smallest absolute Gasteiger partial charge is 0.208 e. The Balaban J connectivity index is 1.64. The number of hydrogen-bond donors (Lipinski definition) is 1. The lowest BCUT2D eigenvalue weighted by Crippen LogP contribution is -2.29. The van der Waals surface area contributed by atoms with Gasteiger partial charge in [-0.25, -0.2) is 4.98 Å². The van der Waals surface area contributed by atoms with E-state index in [1.165, 1.54) is 25.9 Å². The van der Waals surface area contributed by atoms with Gasteiger partial charge in [0.2, 0.25) is 5.89 Å². The number of aromatic nitrogens is 1. The number of nitrogens with zero attached hydrogens (tertiary/aromatic N) is 2. The molecule has 0 amide bonds. The maximum absolute atomic E-state index is 5.50. The first-order chi connectivity index (χ1) is 7.75. The Hall–Kier alpha value is -0.870. The van der Waals surface area contributed by atoms with E-state index in [1.54, 1.807) is 0 Å². The van der Waals surface area contributed by atoms with Crippen molar-refractivity contribution in [1.29, 1.82) is 0 Å². The SMILES string of the molecule is Cc1nc(CNCCN2CCCC2)oc1C. The van der Waals surface area contributed by atoms with Crippen molar-refractivity contribution in [2.45, 2.75) is 33.2 Å². The van der Waals surface area contributed by atoms with E-state index < -0.39 is 0 Å². The molecule has 1 aromatic heterocycles. The molecule has 0 aromatic carbocycles. The average Bonchev–Trinajstić information content (AvgIpc) is 2.85. The van der Waals surface area contributed by atoms with Crippen molar-refractivity contribution in [2.24, 2.45) is 0 Å². The summed E-state index contributed by atoms with van der Waals surface area (Å²) in [4.78, 5) is 6.84. The predicted octanol–water partition coefficient (Wildman–Crippen LogP) is 1.48. The second-order valence-electron chi connectivity index (χ2n) is 4.47. The number of aryl methyl sites for hydroxylation is 2. The van der Waals surface area contributed by atoms with E-state index in [4.69, 9.17) is 4.42 Å². The zero-order valence-corrected chi connectivity index (χ0v) is 10.3. The lowest BCUT2D eigenvalue weighted by molar-refractivity contribution is 0.331. The molecular formula is C12H21N3O. The van der Waals surface area contributed by atoms with Gasteiger partial charge in [0.1, 0.15) is 5.76 Å². The molecule has 2 rings (SSSR count). The summed E-state index contributed by atoms with van der Waals surface area (Å²) in [6.07, 6.45) is 2.72. The summed E-state index contributed by atoms with van der Waals surface area (Å²) < 4.78 is 5.50. The molecule has 0 atom stereocenters. The first kappa shape index (κ1) is 11.6. The maximum Gasteiger partial charge on any atom is 0.208 e. The zero-order valence-electron chi connectivity index (χ0n) is 10.3. The molecule has 0 spiro atoms. The van der Waals surface area contributed by atoms with E-state index in [0.29, 0.717) is 0 Å². The molecule has 1 N–H and O–H groups in total. The molecule has 1 fully saturated rings. The van der Waals surface area contributed by atoms with Crippen LogP contribution < -0.4 is 5.32 Å². The molecule has 16 heavy (non-hydrogen) atoms. The van der Waals surface area contributed by atoms with Gasteiger partial charge >= 0.3 is 0 Å². The monoisotopic (exact) mass is 223 g/mol. The molecule has 1 aliphatic rings. The summed E-state index contributed by atoms with van der Waals surface area (Å²) in [5.41, 5.74) is 0.997. The van der Waals surface area contributed by atoms with Crippen molar-refractivity contribution in [2.75, 3.05) is 26.2 Å². The minimum Gasteiger partial charge on any atom is -0.444 e. The summed E-state index contributed by atoms with van der Waals surface area (Å²) in [6.45, 7) is 9.35. The number of nitrogens with one attached hydrogen (secondary N) is 1. The van der Waals surface area contributed by atoms with Crippen LogP contribution in [-0.2, 0) is 6.54 Å². The van der Waals surface area contributed by atoms with Crippen molar-refractivity contribution in [3.63, 3.8) is 0 Å². The van der Waals surface area contributed by atoms with Crippen LogP contribution in [0.25, 0.3) is 0 Å². The Morgan fingerprint density at radius 3 is 2.69 bits per heavy atom. The summed E-state index contributed by atoms with van der Waals surface area (Å²) in [5, 5.41) is 3.37. The summed E-state index contributed by atoms with van der Waals surface area (Å²) in [7, 11) is 0. The van der Waals surface area contributed by atoms with Gasteiger partial charge in [-0.05, 0) is 39.8 Å². The lowest BCUT2D eigenvalue weighted by Gasteiger charge is -2.13. The van der Waals surface area contributed by atoms with Crippen LogP contribution in [-0.4, -0.2) is 36.1 Å². The third kappa shape index (κ3) is 3.06. The van der Waals surface area contributed by atoms with Crippen LogP contribution in [0.3, 0.4) is 0 Å². The molecular weight excluding hydrogens is 202 g/mol. The Morgan fingerprint density at radius 2 is 2.06 bits per heavy atom. The molecule has 0 saturated carbocycles. The van der Waals surface area contributed by atoms with Gasteiger partial charge in [0.15, 0.2) is 0 Å². The van der Waals surface area contributed by atoms with Crippen molar-refractivity contribution in [3.8, 4) is 0 Å². The first-order valence-electron chi connectivity index (χ1n) is 6.11. The summed E-state index contributed by atoms with van der Waals surface area (Å²) in [5.74, 6) is 1.73. The first-order valence-corrected chi connectivity index (χ1v) is 6.11. The van der Waals surface area contributed by atoms with Gasteiger partial charge in [0, 0.05) is 13.1 Å². The van der Waals surface area contributed by atoms with E-state index in [-0.39, 0.29) is 0 Å². The highest BCUT2D eigenvalue weighted by Gasteiger charge is 2.10. The molecule has 2 heterocycles. The summed E-state index contributed by atoms with van der Waals surface area (Å²) in [6, 6.07) is 0. The minimum absolute atomic E-state index is 0.739. The minimum atomic E-state index is 0.739. The topological polar surface area (TPSA) is 41.3 Å². The van der Waals surface area contributed by atoms with Gasteiger partial charge in [-0.15, -0.1) is 0 Å². The number of hydrogen-bond acceptors (Lipinski definition) is 4. The zero-order chi connectivity index (χ0) is 11.4. The second kappa shape index (κ2) is 5.46. The normalized spacial score (nSPS) is 17.1. The molecule has 1 saturated heterocycles. The largest absolute Gasteiger partial charge is 0.444 e. The fourth-order valence-electron chi connectivity index (χ4n) is 2.05. The molecule has 0 bridgehead atoms. The van der Waals surface area contributed by atoms with E-state index >= 15 is 0 Å². The molecule has 0 radical (unpaired) electrons. The van der Waals surface area contributed by atoms with Crippen molar-refractivity contribution in [1.82, 2.24) is 15.2 Å². The van der Waals surface area contributed by atoms with Gasteiger partial charge in [-0.1, -0.05) is 0 Å². The van der Waals surface area contributed by atoms with Crippen LogP contribution in [0.2, 0.25) is 0 Å². The van der Waals surface area contributed by atoms with Crippen molar-refractivity contribution >= 4 is 0 Å². The molecule has 4 heteroatoms. The maximum atomic E-state index is 5.50. The molecule has 1 aromatic rings. The highest BCUT2D eigenvalue weighted by molar-refractivity contribution is 5.05. The third-order valence-electron chi connectivity index (χ3n) is 3.15. The van der Waals surface area contributed by atoms with Crippen molar-refractivity contribution in [3.05, 3.63) is 17.3 Å². The Labute approximate surface area is 97.0 Å². The number of oxazole rings is 1. The molecule has 0 unspecified atom stereocenters. The highest BCUT2D eigenvalue weighted by Crippen LogP contribution is 2.08. The van der Waals surface area contributed by atoms with Crippen LogP contribution in [0.1, 0.15) is 30.2 Å². The Kier molecular flexibility index (Phi) is 3.96. The van der Waals surface area contributed by atoms with Crippen LogP contribution in [0.5, 0.6) is 0 Å². The van der Waals surface area contributed by atoms with E-state index in [2.05, 4.69) is 15.2 Å². The van der Waals surface area contributed by atoms with Crippen LogP contribution in [0.15, 0.2) is 4.42 Å². The second-order valence-corrected chi connectivity index (χ2v) is 4.47. The molecule has 0 aliphatic carbocycles. The third-order valence-corrected chi connectivity index (χ3v) is 3.15. The van der Waals surface area contributed by atoms with Gasteiger partial charge < -0.3 is 14.6 Å². The Morgan fingerprint density at radius 1 is 1.31 bits per heavy atom. The molecule has 90 valence electrons. The predicted molar refractivity (Wildman–Crippen MR) is 63.4 cm³/mol. The van der Waals surface area contributed by atoms with Crippen molar-refractivity contribution < 1.29 is 4.42 Å². The average molecular weight is 223 g/mol. The number of rotatable bonds is 5. The number of likely N-dealkylation sites (tertiary alicyclic amines) is 1. The standard InChI is InChI=1S/C12H21N3O/c1-10-11(2)16-12(14-10)9-13-5-8-15-6-3-4-7-15/h13H,3-9H2,1-2H3. The lowest BCUT2D eigenvalue weighted by atomic mass is 10.4. The van der Waals surface area contributed by atoms with E-state index in [0.717, 1.165) is 37.0 Å². The van der Waals surface area contributed by atoms with Gasteiger partial charge in [0.05, 0.1) is 12.2 Å². The summed E-state index contributed by atoms with van der Waals surface area (Å²) >= 11 is 0. The van der Waals surface area contributed by atoms with Crippen LogP contribution in [0, 0.1) is 13.8 Å². The van der Waals surface area contributed by atoms with E-state index in [9.17, 15) is 0 Å². The van der Waals surface area contributed by atoms with Gasteiger partial charge in [-0.2, -0.15) is 0 Å². The van der Waals surface area contributed by atoms with E-state index in [1.807, 2.05) is 13.8 Å². The Bertz CT molecular complexity index is 310. The van der Waals surface area contributed by atoms with Crippen LogP contribution >= 0.6 is 0 Å². The fourth-order valence-corrected chi connectivity index (χ4v) is 2.05.